The van der Waals surface area contributed by atoms with Gasteiger partial charge in [-0.2, -0.15) is 0 Å². The van der Waals surface area contributed by atoms with Gasteiger partial charge in [0.15, 0.2) is 0 Å². The topological polar surface area (TPSA) is 38.5 Å². The van der Waals surface area contributed by atoms with Crippen molar-refractivity contribution in [3.05, 3.63) is 0 Å². The summed E-state index contributed by atoms with van der Waals surface area (Å²) in [7, 11) is 3.93. The molecule has 0 amide bonds. The van der Waals surface area contributed by atoms with Crippen LogP contribution in [0.5, 0.6) is 0 Å². The van der Waals surface area contributed by atoms with Gasteiger partial charge < -0.3 is 15.4 Å². The van der Waals surface area contributed by atoms with Crippen LogP contribution >= 0.6 is 0 Å². The summed E-state index contributed by atoms with van der Waals surface area (Å²) in [6.07, 6.45) is 7.64. The van der Waals surface area contributed by atoms with E-state index in [1.54, 1.807) is 7.11 Å². The fourth-order valence-corrected chi connectivity index (χ4v) is 1.97. The molecule has 0 aliphatic heterocycles. The maximum atomic E-state index is 5.82. The number of ether oxygens (including phenoxy) is 1. The zero-order chi connectivity index (χ0) is 12.2. The Morgan fingerprint density at radius 1 is 1.19 bits per heavy atom. The molecule has 98 valence electrons. The lowest BCUT2D eigenvalue weighted by Crippen LogP contribution is -2.38. The lowest BCUT2D eigenvalue weighted by Gasteiger charge is -2.26. The van der Waals surface area contributed by atoms with Gasteiger partial charge in [0.05, 0.1) is 0 Å². The highest BCUT2D eigenvalue weighted by Gasteiger charge is 2.11. The van der Waals surface area contributed by atoms with E-state index in [0.29, 0.717) is 6.04 Å². The minimum Gasteiger partial charge on any atom is -0.385 e. The second-order valence-electron chi connectivity index (χ2n) is 4.57. The highest BCUT2D eigenvalue weighted by atomic mass is 16.5. The second-order valence-corrected chi connectivity index (χ2v) is 4.57. The molecule has 0 aromatic rings. The Labute approximate surface area is 101 Å². The molecule has 1 atom stereocenters. The van der Waals surface area contributed by atoms with Crippen molar-refractivity contribution in [2.24, 2.45) is 5.73 Å². The first-order valence-electron chi connectivity index (χ1n) is 6.65. The largest absolute Gasteiger partial charge is 0.385 e. The van der Waals surface area contributed by atoms with Crippen LogP contribution in [0.3, 0.4) is 0 Å². The smallest absolute Gasteiger partial charge is 0.0474 e. The SMILES string of the molecule is CCCCCCC(CN)N(C)CCCOC. The van der Waals surface area contributed by atoms with Crippen LogP contribution in [0.25, 0.3) is 0 Å². The Morgan fingerprint density at radius 3 is 2.50 bits per heavy atom. The van der Waals surface area contributed by atoms with Crippen LogP contribution in [-0.2, 0) is 4.74 Å². The maximum Gasteiger partial charge on any atom is 0.0474 e. The first kappa shape index (κ1) is 15.9. The zero-order valence-electron chi connectivity index (χ0n) is 11.4. The highest BCUT2D eigenvalue weighted by molar-refractivity contribution is 4.69. The fourth-order valence-electron chi connectivity index (χ4n) is 1.97. The molecular formula is C13H30N2O. The average molecular weight is 230 g/mol. The van der Waals surface area contributed by atoms with Crippen molar-refractivity contribution in [1.82, 2.24) is 4.90 Å². The quantitative estimate of drug-likeness (QED) is 0.553. The lowest BCUT2D eigenvalue weighted by molar-refractivity contribution is 0.162. The van der Waals surface area contributed by atoms with E-state index >= 15 is 0 Å². The van der Waals surface area contributed by atoms with Gasteiger partial charge in [-0.05, 0) is 19.9 Å². The molecule has 0 bridgehead atoms. The van der Waals surface area contributed by atoms with E-state index in [2.05, 4.69) is 18.9 Å². The third-order valence-corrected chi connectivity index (χ3v) is 3.15. The number of hydrogen-bond acceptors (Lipinski definition) is 3. The Morgan fingerprint density at radius 2 is 1.94 bits per heavy atom. The predicted octanol–water partition coefficient (Wildman–Crippen LogP) is 2.25. The average Bonchev–Trinajstić information content (AvgIpc) is 2.29. The van der Waals surface area contributed by atoms with E-state index in [4.69, 9.17) is 10.5 Å². The summed E-state index contributed by atoms with van der Waals surface area (Å²) in [5.41, 5.74) is 5.82. The zero-order valence-corrected chi connectivity index (χ0v) is 11.4. The maximum absolute atomic E-state index is 5.82. The molecule has 0 aromatic heterocycles. The van der Waals surface area contributed by atoms with Gasteiger partial charge in [0.1, 0.15) is 0 Å². The number of likely N-dealkylation sites (N-methyl/N-ethyl adjacent to an activating group) is 1. The number of nitrogens with zero attached hydrogens (tertiary/aromatic N) is 1. The van der Waals surface area contributed by atoms with Gasteiger partial charge in [0.2, 0.25) is 0 Å². The molecule has 0 aliphatic carbocycles. The normalized spacial score (nSPS) is 13.3. The standard InChI is InChI=1S/C13H30N2O/c1-4-5-6-7-9-13(12-14)15(2)10-8-11-16-3/h13H,4-12,14H2,1-3H3. The Hall–Kier alpha value is -0.120. The Bertz CT molecular complexity index is 142. The van der Waals surface area contributed by atoms with E-state index in [9.17, 15) is 0 Å². The lowest BCUT2D eigenvalue weighted by atomic mass is 10.1. The number of hydrogen-bond donors (Lipinski definition) is 1. The van der Waals surface area contributed by atoms with Crippen molar-refractivity contribution in [2.45, 2.75) is 51.5 Å². The summed E-state index contributed by atoms with van der Waals surface area (Å²) >= 11 is 0. The molecule has 0 saturated heterocycles. The van der Waals surface area contributed by atoms with E-state index in [-0.39, 0.29) is 0 Å². The molecule has 0 heterocycles. The molecule has 0 fully saturated rings. The van der Waals surface area contributed by atoms with Crippen molar-refractivity contribution in [1.29, 1.82) is 0 Å². The molecule has 0 saturated carbocycles. The van der Waals surface area contributed by atoms with Gasteiger partial charge in [-0.15, -0.1) is 0 Å². The Kier molecular flexibility index (Phi) is 11.3. The van der Waals surface area contributed by atoms with Crippen LogP contribution < -0.4 is 5.73 Å². The van der Waals surface area contributed by atoms with E-state index in [1.165, 1.54) is 32.1 Å². The number of methoxy groups -OCH3 is 1. The van der Waals surface area contributed by atoms with Crippen LogP contribution in [-0.4, -0.2) is 44.8 Å². The van der Waals surface area contributed by atoms with Crippen molar-refractivity contribution < 1.29 is 4.74 Å². The van der Waals surface area contributed by atoms with Crippen LogP contribution in [0.4, 0.5) is 0 Å². The minimum absolute atomic E-state index is 0.550. The molecule has 0 aromatic carbocycles. The molecule has 3 nitrogen and oxygen atoms in total. The van der Waals surface area contributed by atoms with Crippen LogP contribution in [0.1, 0.15) is 45.4 Å². The third-order valence-electron chi connectivity index (χ3n) is 3.15. The van der Waals surface area contributed by atoms with E-state index < -0.39 is 0 Å². The van der Waals surface area contributed by atoms with Gasteiger partial charge in [-0.25, -0.2) is 0 Å². The molecule has 16 heavy (non-hydrogen) atoms. The summed E-state index contributed by atoms with van der Waals surface area (Å²) in [6.45, 7) is 4.95. The summed E-state index contributed by atoms with van der Waals surface area (Å²) in [4.78, 5) is 2.38. The summed E-state index contributed by atoms with van der Waals surface area (Å²) in [5.74, 6) is 0. The molecular weight excluding hydrogens is 200 g/mol. The summed E-state index contributed by atoms with van der Waals surface area (Å²) in [6, 6.07) is 0.550. The number of unbranched alkanes of at least 4 members (excludes halogenated alkanes) is 3. The van der Waals surface area contributed by atoms with Crippen molar-refractivity contribution in [3.8, 4) is 0 Å². The molecule has 3 heteroatoms. The first-order chi connectivity index (χ1) is 7.76. The van der Waals surface area contributed by atoms with Gasteiger partial charge in [-0.3, -0.25) is 0 Å². The van der Waals surface area contributed by atoms with Gasteiger partial charge in [0, 0.05) is 32.8 Å². The van der Waals surface area contributed by atoms with Crippen LogP contribution in [0.2, 0.25) is 0 Å². The molecule has 2 N–H and O–H groups in total. The summed E-state index contributed by atoms with van der Waals surface area (Å²) in [5, 5.41) is 0. The molecule has 0 rings (SSSR count). The van der Waals surface area contributed by atoms with Gasteiger partial charge >= 0.3 is 0 Å². The third kappa shape index (κ3) is 8.08. The van der Waals surface area contributed by atoms with E-state index in [0.717, 1.165) is 26.1 Å². The molecule has 0 radical (unpaired) electrons. The van der Waals surface area contributed by atoms with Crippen LogP contribution in [0.15, 0.2) is 0 Å². The van der Waals surface area contributed by atoms with E-state index in [1.807, 2.05) is 0 Å². The van der Waals surface area contributed by atoms with Crippen LogP contribution in [0, 0.1) is 0 Å². The molecule has 1 unspecified atom stereocenters. The molecule has 0 aliphatic rings. The van der Waals surface area contributed by atoms with Crippen molar-refractivity contribution in [3.63, 3.8) is 0 Å². The van der Waals surface area contributed by atoms with Crippen molar-refractivity contribution in [2.75, 3.05) is 33.9 Å². The van der Waals surface area contributed by atoms with Gasteiger partial charge in [-0.1, -0.05) is 32.6 Å². The summed E-state index contributed by atoms with van der Waals surface area (Å²) < 4.78 is 5.06. The highest BCUT2D eigenvalue weighted by Crippen LogP contribution is 2.09. The van der Waals surface area contributed by atoms with Gasteiger partial charge in [0.25, 0.3) is 0 Å². The van der Waals surface area contributed by atoms with Crippen molar-refractivity contribution >= 4 is 0 Å². The first-order valence-corrected chi connectivity index (χ1v) is 6.65. The number of nitrogens with two attached hydrogens (primary N) is 1. The molecule has 0 spiro atoms. The minimum atomic E-state index is 0.550. The number of rotatable bonds is 11. The fraction of sp³-hybridized carbons (Fsp3) is 1.00. The Balaban J connectivity index is 3.61. The second kappa shape index (κ2) is 11.4. The monoisotopic (exact) mass is 230 g/mol. The predicted molar refractivity (Wildman–Crippen MR) is 70.7 cm³/mol.